The quantitative estimate of drug-likeness (QED) is 0.587. The van der Waals surface area contributed by atoms with Crippen molar-refractivity contribution in [3.8, 4) is 0 Å². The molecule has 1 heterocycles. The molecule has 0 amide bonds. The Morgan fingerprint density at radius 2 is 1.36 bits per heavy atom. The van der Waals surface area contributed by atoms with Gasteiger partial charge in [0.25, 0.3) is 0 Å². The highest BCUT2D eigenvalue weighted by Gasteiger charge is 2.19. The van der Waals surface area contributed by atoms with E-state index in [9.17, 15) is 4.79 Å². The third-order valence-corrected chi connectivity index (χ3v) is 4.25. The smallest absolute Gasteiger partial charge is 0.137 e. The van der Waals surface area contributed by atoms with Gasteiger partial charge in [0.2, 0.25) is 0 Å². The molecule has 3 rings (SSSR count). The van der Waals surface area contributed by atoms with Crippen LogP contribution in [0.4, 0.5) is 0 Å². The molecule has 0 radical (unpaired) electrons. The molecule has 0 aliphatic rings. The molecular formula is C22H22N2O. The van der Waals surface area contributed by atoms with E-state index in [-0.39, 0.29) is 6.04 Å². The Balaban J connectivity index is 1.81. The van der Waals surface area contributed by atoms with Crippen LogP contribution in [-0.4, -0.2) is 22.2 Å². The normalized spacial score (nSPS) is 12.0. The second-order valence-electron chi connectivity index (χ2n) is 6.15. The van der Waals surface area contributed by atoms with Crippen molar-refractivity contribution in [1.82, 2.24) is 9.88 Å². The molecule has 0 fully saturated rings. The second-order valence-corrected chi connectivity index (χ2v) is 6.15. The predicted octanol–water partition coefficient (Wildman–Crippen LogP) is 3.89. The van der Waals surface area contributed by atoms with Crippen molar-refractivity contribution in [3.63, 3.8) is 0 Å². The van der Waals surface area contributed by atoms with Crippen LogP contribution in [0, 0.1) is 0 Å². The standard InChI is InChI=1S/C22H22N2O/c25-18-22(14-21-12-7-13-23-15-21)24(16-19-8-3-1-4-9-19)17-20-10-5-2-6-11-20/h1-13,15,18,22H,14,16-17H2/t22-/m0/s1. The fourth-order valence-electron chi connectivity index (χ4n) is 2.95. The van der Waals surface area contributed by atoms with Gasteiger partial charge in [0.15, 0.2) is 0 Å². The van der Waals surface area contributed by atoms with Crippen molar-refractivity contribution in [1.29, 1.82) is 0 Å². The van der Waals surface area contributed by atoms with Gasteiger partial charge in [-0.15, -0.1) is 0 Å². The molecule has 0 spiro atoms. The van der Waals surface area contributed by atoms with E-state index < -0.39 is 0 Å². The molecule has 0 N–H and O–H groups in total. The lowest BCUT2D eigenvalue weighted by Crippen LogP contribution is -2.37. The Morgan fingerprint density at radius 1 is 0.800 bits per heavy atom. The van der Waals surface area contributed by atoms with Gasteiger partial charge < -0.3 is 4.79 Å². The highest BCUT2D eigenvalue weighted by atomic mass is 16.1. The van der Waals surface area contributed by atoms with Crippen LogP contribution in [0.2, 0.25) is 0 Å². The van der Waals surface area contributed by atoms with Crippen molar-refractivity contribution in [2.45, 2.75) is 25.6 Å². The molecule has 3 heteroatoms. The molecule has 1 aromatic heterocycles. The van der Waals surface area contributed by atoms with Gasteiger partial charge in [0.1, 0.15) is 6.29 Å². The molecule has 3 aromatic rings. The van der Waals surface area contributed by atoms with Crippen LogP contribution in [0.1, 0.15) is 16.7 Å². The molecule has 0 saturated carbocycles. The summed E-state index contributed by atoms with van der Waals surface area (Å²) >= 11 is 0. The Morgan fingerprint density at radius 3 is 1.84 bits per heavy atom. The van der Waals surface area contributed by atoms with Crippen molar-refractivity contribution >= 4 is 6.29 Å². The average Bonchev–Trinajstić information content (AvgIpc) is 2.68. The molecular weight excluding hydrogens is 308 g/mol. The number of hydrogen-bond acceptors (Lipinski definition) is 3. The molecule has 126 valence electrons. The van der Waals surface area contributed by atoms with Crippen LogP contribution < -0.4 is 0 Å². The van der Waals surface area contributed by atoms with Gasteiger partial charge in [-0.3, -0.25) is 9.88 Å². The minimum absolute atomic E-state index is 0.190. The molecule has 0 unspecified atom stereocenters. The van der Waals surface area contributed by atoms with Gasteiger partial charge in [-0.25, -0.2) is 0 Å². The molecule has 2 aromatic carbocycles. The summed E-state index contributed by atoms with van der Waals surface area (Å²) < 4.78 is 0. The Labute approximate surface area is 149 Å². The molecule has 0 saturated heterocycles. The average molecular weight is 330 g/mol. The first kappa shape index (κ1) is 17.1. The van der Waals surface area contributed by atoms with E-state index >= 15 is 0 Å². The van der Waals surface area contributed by atoms with Crippen molar-refractivity contribution < 1.29 is 4.79 Å². The molecule has 1 atom stereocenters. The van der Waals surface area contributed by atoms with E-state index in [1.807, 2.05) is 54.7 Å². The lowest BCUT2D eigenvalue weighted by molar-refractivity contribution is -0.112. The monoisotopic (exact) mass is 330 g/mol. The van der Waals surface area contributed by atoms with Gasteiger partial charge in [-0.1, -0.05) is 66.7 Å². The summed E-state index contributed by atoms with van der Waals surface area (Å²) in [5.41, 5.74) is 3.48. The lowest BCUT2D eigenvalue weighted by Gasteiger charge is -2.28. The van der Waals surface area contributed by atoms with Crippen LogP contribution in [0.25, 0.3) is 0 Å². The summed E-state index contributed by atoms with van der Waals surface area (Å²) in [4.78, 5) is 18.3. The fourth-order valence-corrected chi connectivity index (χ4v) is 2.95. The molecule has 3 nitrogen and oxygen atoms in total. The summed E-state index contributed by atoms with van der Waals surface area (Å²) in [6, 6.07) is 24.3. The summed E-state index contributed by atoms with van der Waals surface area (Å²) in [6.45, 7) is 1.47. The zero-order chi connectivity index (χ0) is 17.3. The minimum Gasteiger partial charge on any atom is -0.302 e. The first-order valence-electron chi connectivity index (χ1n) is 8.51. The number of pyridine rings is 1. The SMILES string of the molecule is O=C[C@H](Cc1cccnc1)N(Cc1ccccc1)Cc1ccccc1. The summed E-state index contributed by atoms with van der Waals surface area (Å²) in [5, 5.41) is 0. The van der Waals surface area contributed by atoms with E-state index in [0.717, 1.165) is 24.9 Å². The zero-order valence-corrected chi connectivity index (χ0v) is 14.2. The summed E-state index contributed by atoms with van der Waals surface area (Å²) in [7, 11) is 0. The first-order chi connectivity index (χ1) is 12.3. The number of nitrogens with zero attached hydrogens (tertiary/aromatic N) is 2. The van der Waals surface area contributed by atoms with Crippen LogP contribution in [0.3, 0.4) is 0 Å². The maximum Gasteiger partial charge on any atom is 0.137 e. The van der Waals surface area contributed by atoms with Crippen LogP contribution in [-0.2, 0) is 24.3 Å². The van der Waals surface area contributed by atoms with E-state index in [0.29, 0.717) is 6.42 Å². The van der Waals surface area contributed by atoms with Crippen LogP contribution in [0.15, 0.2) is 85.2 Å². The highest BCUT2D eigenvalue weighted by molar-refractivity contribution is 5.58. The fraction of sp³-hybridized carbons (Fsp3) is 0.182. The largest absolute Gasteiger partial charge is 0.302 e. The van der Waals surface area contributed by atoms with E-state index in [1.54, 1.807) is 6.20 Å². The Hall–Kier alpha value is -2.78. The maximum atomic E-state index is 11.9. The molecule has 0 aliphatic carbocycles. The third kappa shape index (κ3) is 5.10. The predicted molar refractivity (Wildman–Crippen MR) is 99.9 cm³/mol. The van der Waals surface area contributed by atoms with Crippen LogP contribution in [0.5, 0.6) is 0 Å². The van der Waals surface area contributed by atoms with Crippen molar-refractivity contribution in [2.75, 3.05) is 0 Å². The number of carbonyl (C=O) groups excluding carboxylic acids is 1. The lowest BCUT2D eigenvalue weighted by atomic mass is 10.0. The topological polar surface area (TPSA) is 33.2 Å². The number of carbonyl (C=O) groups is 1. The van der Waals surface area contributed by atoms with E-state index in [4.69, 9.17) is 0 Å². The van der Waals surface area contributed by atoms with Gasteiger partial charge in [0, 0.05) is 25.5 Å². The number of benzene rings is 2. The Bertz CT molecular complexity index is 718. The van der Waals surface area contributed by atoms with E-state index in [1.165, 1.54) is 11.1 Å². The first-order valence-corrected chi connectivity index (χ1v) is 8.51. The maximum absolute atomic E-state index is 11.9. The number of rotatable bonds is 8. The molecule has 25 heavy (non-hydrogen) atoms. The van der Waals surface area contributed by atoms with Crippen LogP contribution >= 0.6 is 0 Å². The van der Waals surface area contributed by atoms with Gasteiger partial charge in [-0.2, -0.15) is 0 Å². The van der Waals surface area contributed by atoms with Crippen molar-refractivity contribution in [2.24, 2.45) is 0 Å². The minimum atomic E-state index is -0.190. The van der Waals surface area contributed by atoms with E-state index in [2.05, 4.69) is 34.1 Å². The van der Waals surface area contributed by atoms with Gasteiger partial charge in [-0.05, 0) is 29.2 Å². The van der Waals surface area contributed by atoms with Gasteiger partial charge in [0.05, 0.1) is 6.04 Å². The summed E-state index contributed by atoms with van der Waals surface area (Å²) in [5.74, 6) is 0. The van der Waals surface area contributed by atoms with Crippen molar-refractivity contribution in [3.05, 3.63) is 102 Å². The Kier molecular flexibility index (Phi) is 6.07. The number of aldehydes is 1. The zero-order valence-electron chi connectivity index (χ0n) is 14.2. The molecule has 0 bridgehead atoms. The number of aromatic nitrogens is 1. The third-order valence-electron chi connectivity index (χ3n) is 4.25. The summed E-state index contributed by atoms with van der Waals surface area (Å²) in [6.07, 6.45) is 5.31. The number of hydrogen-bond donors (Lipinski definition) is 0. The van der Waals surface area contributed by atoms with Gasteiger partial charge >= 0.3 is 0 Å². The highest BCUT2D eigenvalue weighted by Crippen LogP contribution is 2.15. The second kappa shape index (κ2) is 8.90. The molecule has 0 aliphatic heterocycles.